The van der Waals surface area contributed by atoms with Gasteiger partial charge in [-0.15, -0.1) is 0 Å². The van der Waals surface area contributed by atoms with Gasteiger partial charge in [0, 0.05) is 12.8 Å². The Morgan fingerprint density at radius 3 is 2.24 bits per heavy atom. The third-order valence-electron chi connectivity index (χ3n) is 3.34. The predicted molar refractivity (Wildman–Crippen MR) is 74.7 cm³/mol. The highest BCUT2D eigenvalue weighted by atomic mass is 16.7. The molecule has 0 aromatic heterocycles. The summed E-state index contributed by atoms with van der Waals surface area (Å²) in [7, 11) is 0. The largest absolute Gasteiger partial charge is 0.509 e. The second-order valence-corrected chi connectivity index (χ2v) is 5.04. The summed E-state index contributed by atoms with van der Waals surface area (Å²) in [5.41, 5.74) is 2.06. The molecule has 1 saturated carbocycles. The highest BCUT2D eigenvalue weighted by molar-refractivity contribution is 6.12. The van der Waals surface area contributed by atoms with E-state index in [2.05, 4.69) is 6.92 Å². The van der Waals surface area contributed by atoms with Crippen LogP contribution in [0.25, 0.3) is 0 Å². The van der Waals surface area contributed by atoms with Crippen molar-refractivity contribution in [2.75, 3.05) is 0 Å². The van der Waals surface area contributed by atoms with Gasteiger partial charge >= 0.3 is 6.16 Å². The fourth-order valence-electron chi connectivity index (χ4n) is 2.18. The summed E-state index contributed by atoms with van der Waals surface area (Å²) in [6.45, 7) is 2.17. The van der Waals surface area contributed by atoms with Gasteiger partial charge in [-0.2, -0.15) is 0 Å². The lowest BCUT2D eigenvalue weighted by molar-refractivity contribution is -0.134. The number of ether oxygens (including phenoxy) is 2. The Labute approximate surface area is 123 Å². The van der Waals surface area contributed by atoms with Crippen LogP contribution in [0, 0.1) is 0 Å². The number of ketones is 2. The Morgan fingerprint density at radius 2 is 1.67 bits per heavy atom. The van der Waals surface area contributed by atoms with Gasteiger partial charge in [0.25, 0.3) is 0 Å². The zero-order valence-electron chi connectivity index (χ0n) is 12.0. The average molecular weight is 290 g/mol. The molecule has 112 valence electrons. The van der Waals surface area contributed by atoms with Crippen LogP contribution in [0.15, 0.2) is 24.3 Å². The van der Waals surface area contributed by atoms with E-state index in [1.54, 1.807) is 0 Å². The number of hydrogen-bond acceptors (Lipinski definition) is 5. The molecule has 0 spiro atoms. The number of hydrogen-bond donors (Lipinski definition) is 0. The molecule has 0 heterocycles. The first-order chi connectivity index (χ1) is 10.1. The number of rotatable bonds is 5. The minimum atomic E-state index is -1.27. The lowest BCUT2D eigenvalue weighted by atomic mass is 10.1. The zero-order chi connectivity index (χ0) is 15.2. The third-order valence-corrected chi connectivity index (χ3v) is 3.34. The quantitative estimate of drug-likeness (QED) is 0.616. The van der Waals surface area contributed by atoms with Crippen LogP contribution in [0.5, 0.6) is 0 Å². The van der Waals surface area contributed by atoms with E-state index in [-0.39, 0.29) is 31.0 Å². The Hall–Kier alpha value is -2.17. The van der Waals surface area contributed by atoms with E-state index in [1.807, 2.05) is 24.3 Å². The average Bonchev–Trinajstić information content (AvgIpc) is 2.79. The van der Waals surface area contributed by atoms with Gasteiger partial charge in [-0.3, -0.25) is 9.59 Å². The summed E-state index contributed by atoms with van der Waals surface area (Å²) in [6, 6.07) is 7.73. The van der Waals surface area contributed by atoms with Crippen molar-refractivity contribution in [1.82, 2.24) is 0 Å². The maximum atomic E-state index is 11.5. The molecule has 2 rings (SSSR count). The first kappa shape index (κ1) is 15.2. The minimum Gasteiger partial charge on any atom is -0.429 e. The minimum absolute atomic E-state index is 0.0559. The molecule has 1 fully saturated rings. The number of carbonyl (C=O) groups excluding carboxylic acids is 3. The molecule has 21 heavy (non-hydrogen) atoms. The molecule has 0 unspecified atom stereocenters. The van der Waals surface area contributed by atoms with Gasteiger partial charge in [0.1, 0.15) is 6.61 Å². The highest BCUT2D eigenvalue weighted by Crippen LogP contribution is 2.15. The molecular formula is C16H18O5. The first-order valence-electron chi connectivity index (χ1n) is 7.07. The molecule has 0 aliphatic heterocycles. The van der Waals surface area contributed by atoms with Crippen LogP contribution in [-0.2, 0) is 32.1 Å². The molecule has 5 heteroatoms. The number of benzene rings is 1. The molecule has 0 amide bonds. The molecule has 0 bridgehead atoms. The molecule has 1 aromatic carbocycles. The molecule has 0 N–H and O–H groups in total. The van der Waals surface area contributed by atoms with Gasteiger partial charge in [-0.25, -0.2) is 4.79 Å². The lowest BCUT2D eigenvalue weighted by Gasteiger charge is -2.10. The van der Waals surface area contributed by atoms with Crippen LogP contribution < -0.4 is 0 Å². The summed E-state index contributed by atoms with van der Waals surface area (Å²) >= 11 is 0. The van der Waals surface area contributed by atoms with Crippen molar-refractivity contribution < 1.29 is 23.9 Å². The predicted octanol–water partition coefficient (Wildman–Crippen LogP) is 2.59. The maximum Gasteiger partial charge on any atom is 0.509 e. The fraction of sp³-hybridized carbons (Fsp3) is 0.438. The van der Waals surface area contributed by atoms with Gasteiger partial charge in [-0.05, 0) is 17.5 Å². The summed E-state index contributed by atoms with van der Waals surface area (Å²) in [5.74, 6) is -0.721. The summed E-state index contributed by atoms with van der Waals surface area (Å²) in [6.07, 6.45) is 0.0946. The van der Waals surface area contributed by atoms with Gasteiger partial charge in [0.05, 0.1) is 0 Å². The third kappa shape index (κ3) is 4.15. The van der Waals surface area contributed by atoms with E-state index < -0.39 is 12.3 Å². The molecule has 0 radical (unpaired) electrons. The van der Waals surface area contributed by atoms with Crippen molar-refractivity contribution in [3.63, 3.8) is 0 Å². The van der Waals surface area contributed by atoms with Crippen molar-refractivity contribution in [2.24, 2.45) is 0 Å². The molecule has 1 aliphatic rings. The lowest BCUT2D eigenvalue weighted by Crippen LogP contribution is -2.28. The van der Waals surface area contributed by atoms with Crippen molar-refractivity contribution >= 4 is 17.7 Å². The van der Waals surface area contributed by atoms with Gasteiger partial charge in [0.2, 0.25) is 6.10 Å². The second kappa shape index (κ2) is 7.02. The van der Waals surface area contributed by atoms with Crippen molar-refractivity contribution in [1.29, 1.82) is 0 Å². The van der Waals surface area contributed by atoms with E-state index in [0.29, 0.717) is 0 Å². The maximum absolute atomic E-state index is 11.5. The van der Waals surface area contributed by atoms with Crippen molar-refractivity contribution in [3.05, 3.63) is 35.4 Å². The van der Waals surface area contributed by atoms with Crippen LogP contribution in [-0.4, -0.2) is 23.8 Å². The van der Waals surface area contributed by atoms with Crippen molar-refractivity contribution in [3.8, 4) is 0 Å². The van der Waals surface area contributed by atoms with Crippen LogP contribution in [0.2, 0.25) is 0 Å². The van der Waals surface area contributed by atoms with Crippen LogP contribution in [0.3, 0.4) is 0 Å². The van der Waals surface area contributed by atoms with E-state index in [1.165, 1.54) is 5.56 Å². The van der Waals surface area contributed by atoms with Crippen molar-refractivity contribution in [2.45, 2.75) is 45.3 Å². The first-order valence-corrected chi connectivity index (χ1v) is 7.07. The highest BCUT2D eigenvalue weighted by Gasteiger charge is 2.36. The van der Waals surface area contributed by atoms with E-state index in [0.717, 1.165) is 18.4 Å². The van der Waals surface area contributed by atoms with Crippen LogP contribution in [0.4, 0.5) is 4.79 Å². The Bertz CT molecular complexity index is 516. The van der Waals surface area contributed by atoms with Crippen LogP contribution >= 0.6 is 0 Å². The normalized spacial score (nSPS) is 15.3. The van der Waals surface area contributed by atoms with Gasteiger partial charge < -0.3 is 9.47 Å². The Kier molecular flexibility index (Phi) is 5.09. The Balaban J connectivity index is 1.81. The van der Waals surface area contributed by atoms with Crippen LogP contribution in [0.1, 0.15) is 37.3 Å². The van der Waals surface area contributed by atoms with Gasteiger partial charge in [0.15, 0.2) is 11.6 Å². The number of carbonyl (C=O) groups is 3. The molecular weight excluding hydrogens is 272 g/mol. The molecule has 0 atom stereocenters. The number of aryl methyl sites for hydroxylation is 1. The van der Waals surface area contributed by atoms with E-state index >= 15 is 0 Å². The fourth-order valence-corrected chi connectivity index (χ4v) is 2.18. The smallest absolute Gasteiger partial charge is 0.429 e. The topological polar surface area (TPSA) is 69.7 Å². The SMILES string of the molecule is CCCc1ccc(COC(=O)OC2C(=O)CCC2=O)cc1. The molecule has 0 saturated heterocycles. The molecule has 1 aliphatic carbocycles. The number of Topliss-reactive ketones (excluding diaryl/α,β-unsaturated/α-hetero) is 2. The molecule has 5 nitrogen and oxygen atoms in total. The van der Waals surface area contributed by atoms with E-state index in [4.69, 9.17) is 9.47 Å². The summed E-state index contributed by atoms with van der Waals surface area (Å²) < 4.78 is 9.68. The summed E-state index contributed by atoms with van der Waals surface area (Å²) in [4.78, 5) is 34.2. The summed E-state index contributed by atoms with van der Waals surface area (Å²) in [5, 5.41) is 0. The monoisotopic (exact) mass is 290 g/mol. The van der Waals surface area contributed by atoms with E-state index in [9.17, 15) is 14.4 Å². The standard InChI is InChI=1S/C16H18O5/c1-2-3-11-4-6-12(7-5-11)10-20-16(19)21-15-13(17)8-9-14(15)18/h4-7,15H,2-3,8-10H2,1H3. The molecule has 1 aromatic rings. The second-order valence-electron chi connectivity index (χ2n) is 5.04. The Morgan fingerprint density at radius 1 is 1.10 bits per heavy atom. The zero-order valence-corrected chi connectivity index (χ0v) is 12.0. The van der Waals surface area contributed by atoms with Gasteiger partial charge in [-0.1, -0.05) is 37.6 Å².